The Morgan fingerprint density at radius 2 is 2.17 bits per heavy atom. The van der Waals surface area contributed by atoms with Gasteiger partial charge in [-0.05, 0) is 24.4 Å². The van der Waals surface area contributed by atoms with Crippen LogP contribution in [0.5, 0.6) is 0 Å². The standard InChI is InChI=1S/C13H16ClN3O/c1-2-10-8-15-12(14)16-11(10)17-13(9-18)6-4-3-5-7-13/h1,8,18H,3-7,9H2,(H,15,16,17). The molecular weight excluding hydrogens is 250 g/mol. The molecule has 1 aliphatic carbocycles. The average molecular weight is 266 g/mol. The Kier molecular flexibility index (Phi) is 4.05. The smallest absolute Gasteiger partial charge is 0.224 e. The summed E-state index contributed by atoms with van der Waals surface area (Å²) in [6.45, 7) is 0.0681. The zero-order valence-corrected chi connectivity index (χ0v) is 10.9. The molecule has 1 heterocycles. The summed E-state index contributed by atoms with van der Waals surface area (Å²) in [6.07, 6.45) is 12.2. The Morgan fingerprint density at radius 1 is 1.44 bits per heavy atom. The van der Waals surface area contributed by atoms with Crippen molar-refractivity contribution in [3.63, 3.8) is 0 Å². The predicted octanol–water partition coefficient (Wildman–Crippen LogP) is 2.22. The fourth-order valence-corrected chi connectivity index (χ4v) is 2.50. The molecule has 1 fully saturated rings. The Labute approximate surface area is 112 Å². The molecule has 0 amide bonds. The zero-order valence-electron chi connectivity index (χ0n) is 10.1. The van der Waals surface area contributed by atoms with Crippen LogP contribution in [0.1, 0.15) is 37.7 Å². The molecule has 0 spiro atoms. The molecule has 96 valence electrons. The van der Waals surface area contributed by atoms with E-state index in [2.05, 4.69) is 21.2 Å². The predicted molar refractivity (Wildman–Crippen MR) is 71.5 cm³/mol. The van der Waals surface area contributed by atoms with E-state index in [-0.39, 0.29) is 17.4 Å². The van der Waals surface area contributed by atoms with Crippen LogP contribution in [0.2, 0.25) is 5.28 Å². The van der Waals surface area contributed by atoms with Gasteiger partial charge in [-0.15, -0.1) is 6.42 Å². The first kappa shape index (κ1) is 13.1. The summed E-state index contributed by atoms with van der Waals surface area (Å²) in [5.74, 6) is 3.06. The van der Waals surface area contributed by atoms with E-state index in [0.717, 1.165) is 25.7 Å². The lowest BCUT2D eigenvalue weighted by Gasteiger charge is -2.37. The summed E-state index contributed by atoms with van der Waals surface area (Å²) in [4.78, 5) is 7.98. The topological polar surface area (TPSA) is 58.0 Å². The van der Waals surface area contributed by atoms with Gasteiger partial charge in [-0.3, -0.25) is 0 Å². The van der Waals surface area contributed by atoms with Gasteiger partial charge in [0.15, 0.2) is 0 Å². The summed E-state index contributed by atoms with van der Waals surface area (Å²) in [5.41, 5.74) is 0.236. The van der Waals surface area contributed by atoms with Crippen LogP contribution in [0.25, 0.3) is 0 Å². The number of nitrogens with zero attached hydrogens (tertiary/aromatic N) is 2. The molecule has 0 bridgehead atoms. The first-order valence-corrected chi connectivity index (χ1v) is 6.45. The molecule has 0 atom stereocenters. The van der Waals surface area contributed by atoms with E-state index in [4.69, 9.17) is 18.0 Å². The third kappa shape index (κ3) is 2.74. The third-order valence-electron chi connectivity index (χ3n) is 3.41. The number of terminal acetylenes is 1. The molecule has 5 heteroatoms. The molecule has 1 aliphatic rings. The summed E-state index contributed by atoms with van der Waals surface area (Å²) in [7, 11) is 0. The second-order valence-electron chi connectivity index (χ2n) is 4.67. The van der Waals surface area contributed by atoms with Gasteiger partial charge in [0.1, 0.15) is 5.82 Å². The second kappa shape index (κ2) is 5.55. The number of anilines is 1. The Balaban J connectivity index is 2.26. The highest BCUT2D eigenvalue weighted by atomic mass is 35.5. The Morgan fingerprint density at radius 3 is 2.78 bits per heavy atom. The molecule has 1 aromatic rings. The molecule has 0 unspecified atom stereocenters. The van der Waals surface area contributed by atoms with Gasteiger partial charge in [-0.2, -0.15) is 4.98 Å². The number of aromatic nitrogens is 2. The Hall–Kier alpha value is -1.31. The van der Waals surface area contributed by atoms with Gasteiger partial charge >= 0.3 is 0 Å². The molecule has 0 aromatic carbocycles. The Bertz CT molecular complexity index is 464. The van der Waals surface area contributed by atoms with E-state index in [9.17, 15) is 5.11 Å². The molecule has 0 saturated heterocycles. The van der Waals surface area contributed by atoms with Gasteiger partial charge in [0.25, 0.3) is 0 Å². The van der Waals surface area contributed by atoms with Crippen molar-refractivity contribution < 1.29 is 5.11 Å². The fraction of sp³-hybridized carbons (Fsp3) is 0.538. The molecule has 1 saturated carbocycles. The van der Waals surface area contributed by atoms with Crippen molar-refractivity contribution in [1.29, 1.82) is 0 Å². The summed E-state index contributed by atoms with van der Waals surface area (Å²) in [5, 5.41) is 13.1. The van der Waals surface area contributed by atoms with Gasteiger partial charge in [0.05, 0.1) is 17.7 Å². The van der Waals surface area contributed by atoms with Crippen molar-refractivity contribution in [1.82, 2.24) is 9.97 Å². The maximum Gasteiger partial charge on any atom is 0.224 e. The van der Waals surface area contributed by atoms with E-state index in [1.165, 1.54) is 12.6 Å². The number of hydrogen-bond acceptors (Lipinski definition) is 4. The highest BCUT2D eigenvalue weighted by Gasteiger charge is 2.32. The van der Waals surface area contributed by atoms with Crippen molar-refractivity contribution in [2.75, 3.05) is 11.9 Å². The maximum absolute atomic E-state index is 9.65. The molecule has 4 nitrogen and oxygen atoms in total. The van der Waals surface area contributed by atoms with Crippen LogP contribution in [0.4, 0.5) is 5.82 Å². The van der Waals surface area contributed by atoms with Gasteiger partial charge in [0.2, 0.25) is 5.28 Å². The van der Waals surface area contributed by atoms with E-state index in [1.54, 1.807) is 0 Å². The normalized spacial score (nSPS) is 18.1. The zero-order chi connectivity index (χ0) is 13.0. The lowest BCUT2D eigenvalue weighted by atomic mass is 9.82. The molecule has 18 heavy (non-hydrogen) atoms. The first-order valence-electron chi connectivity index (χ1n) is 6.07. The van der Waals surface area contributed by atoms with Crippen LogP contribution >= 0.6 is 11.6 Å². The lowest BCUT2D eigenvalue weighted by Crippen LogP contribution is -2.44. The van der Waals surface area contributed by atoms with Crippen LogP contribution in [0.15, 0.2) is 6.20 Å². The largest absolute Gasteiger partial charge is 0.394 e. The fourth-order valence-electron chi connectivity index (χ4n) is 2.36. The maximum atomic E-state index is 9.65. The van der Waals surface area contributed by atoms with Crippen LogP contribution in [-0.2, 0) is 0 Å². The number of halogens is 1. The van der Waals surface area contributed by atoms with Crippen LogP contribution in [0, 0.1) is 12.3 Å². The minimum atomic E-state index is -0.332. The molecular formula is C13H16ClN3O. The van der Waals surface area contributed by atoms with Crippen molar-refractivity contribution in [2.24, 2.45) is 0 Å². The van der Waals surface area contributed by atoms with E-state index >= 15 is 0 Å². The number of nitrogens with one attached hydrogen (secondary N) is 1. The highest BCUT2D eigenvalue weighted by molar-refractivity contribution is 6.28. The van der Waals surface area contributed by atoms with Gasteiger partial charge in [-0.25, -0.2) is 4.98 Å². The number of aliphatic hydroxyl groups excluding tert-OH is 1. The minimum Gasteiger partial charge on any atom is -0.394 e. The van der Waals surface area contributed by atoms with Crippen molar-refractivity contribution in [2.45, 2.75) is 37.6 Å². The van der Waals surface area contributed by atoms with E-state index in [1.807, 2.05) is 0 Å². The summed E-state index contributed by atoms with van der Waals surface area (Å²) in [6, 6.07) is 0. The van der Waals surface area contributed by atoms with Crippen LogP contribution in [-0.4, -0.2) is 27.2 Å². The lowest BCUT2D eigenvalue weighted by molar-refractivity contribution is 0.172. The molecule has 2 rings (SSSR count). The highest BCUT2D eigenvalue weighted by Crippen LogP contribution is 2.31. The van der Waals surface area contributed by atoms with E-state index < -0.39 is 0 Å². The van der Waals surface area contributed by atoms with Gasteiger partial charge in [0, 0.05) is 6.20 Å². The quantitative estimate of drug-likeness (QED) is 0.650. The minimum absolute atomic E-state index is 0.0681. The second-order valence-corrected chi connectivity index (χ2v) is 5.01. The number of rotatable bonds is 3. The van der Waals surface area contributed by atoms with Crippen LogP contribution in [0.3, 0.4) is 0 Å². The third-order valence-corrected chi connectivity index (χ3v) is 3.59. The molecule has 2 N–H and O–H groups in total. The average Bonchev–Trinajstić information content (AvgIpc) is 2.40. The summed E-state index contributed by atoms with van der Waals surface area (Å²) >= 11 is 5.79. The van der Waals surface area contributed by atoms with Crippen molar-refractivity contribution >= 4 is 17.4 Å². The van der Waals surface area contributed by atoms with E-state index in [0.29, 0.717) is 11.4 Å². The number of aliphatic hydroxyl groups is 1. The van der Waals surface area contributed by atoms with Gasteiger partial charge in [-0.1, -0.05) is 25.2 Å². The first-order chi connectivity index (χ1) is 8.69. The monoisotopic (exact) mass is 265 g/mol. The SMILES string of the molecule is C#Cc1cnc(Cl)nc1NC1(CO)CCCCC1. The molecule has 0 aliphatic heterocycles. The molecule has 0 radical (unpaired) electrons. The van der Waals surface area contributed by atoms with Gasteiger partial charge < -0.3 is 10.4 Å². The summed E-state index contributed by atoms with van der Waals surface area (Å²) < 4.78 is 0. The number of hydrogen-bond donors (Lipinski definition) is 2. The van der Waals surface area contributed by atoms with Crippen molar-refractivity contribution in [3.05, 3.63) is 17.0 Å². The molecule has 1 aromatic heterocycles. The van der Waals surface area contributed by atoms with Crippen LogP contribution < -0.4 is 5.32 Å². The van der Waals surface area contributed by atoms with Crippen molar-refractivity contribution in [3.8, 4) is 12.3 Å².